The van der Waals surface area contributed by atoms with Crippen LogP contribution in [0.5, 0.6) is 0 Å². The number of rotatable bonds is 2. The van der Waals surface area contributed by atoms with E-state index in [1.165, 1.54) is 13.2 Å². The Balaban J connectivity index is 4.50. The van der Waals surface area contributed by atoms with Crippen molar-refractivity contribution in [2.45, 2.75) is 6.92 Å². The van der Waals surface area contributed by atoms with E-state index in [9.17, 15) is 0 Å². The van der Waals surface area contributed by atoms with Crippen LogP contribution in [0.15, 0.2) is 23.8 Å². The highest BCUT2D eigenvalue weighted by molar-refractivity contribution is 5.23. The van der Waals surface area contributed by atoms with Crippen molar-refractivity contribution in [3.63, 3.8) is 0 Å². The van der Waals surface area contributed by atoms with Crippen LogP contribution in [-0.2, 0) is 4.74 Å². The van der Waals surface area contributed by atoms with Crippen molar-refractivity contribution in [1.82, 2.24) is 0 Å². The maximum atomic E-state index is 8.80. The Morgan fingerprint density at radius 3 is 2.60 bits per heavy atom. The molecule has 0 aromatic carbocycles. The van der Waals surface area contributed by atoms with Crippen molar-refractivity contribution < 1.29 is 9.84 Å². The third kappa shape index (κ3) is 2.18. The van der Waals surface area contributed by atoms with Crippen LogP contribution in [0, 0.1) is 5.39 Å². The summed E-state index contributed by atoms with van der Waals surface area (Å²) in [4.78, 5) is 2.77. The van der Waals surface area contributed by atoms with E-state index in [-0.39, 0.29) is 5.70 Å². The average Bonchev–Trinajstić information content (AvgIpc) is 1.99. The Labute approximate surface area is 59.1 Å². The first-order chi connectivity index (χ1) is 4.76. The molecule has 0 radical (unpaired) electrons. The van der Waals surface area contributed by atoms with Crippen molar-refractivity contribution in [2.24, 2.45) is 0 Å². The van der Waals surface area contributed by atoms with E-state index in [1.807, 2.05) is 0 Å². The molecule has 0 bridgehead atoms. The standard InChI is InChI=1S/C6H8N2O2/c1-3-4-5(8-7)6(9)10-2/h3-4H,1-2H3/p+1/b4-3+,6-5-. The maximum Gasteiger partial charge on any atom is 0.463 e. The van der Waals surface area contributed by atoms with Gasteiger partial charge in [-0.2, -0.15) is 0 Å². The van der Waals surface area contributed by atoms with Gasteiger partial charge in [0.15, 0.2) is 4.98 Å². The molecule has 1 N–H and O–H groups in total. The van der Waals surface area contributed by atoms with Crippen LogP contribution in [0.4, 0.5) is 0 Å². The molecule has 0 heterocycles. The third-order valence-corrected chi connectivity index (χ3v) is 0.845. The summed E-state index contributed by atoms with van der Waals surface area (Å²) < 4.78 is 4.39. The van der Waals surface area contributed by atoms with Crippen LogP contribution in [0.1, 0.15) is 6.92 Å². The van der Waals surface area contributed by atoms with E-state index < -0.39 is 5.95 Å². The van der Waals surface area contributed by atoms with Gasteiger partial charge in [0.2, 0.25) is 5.39 Å². The Bertz CT molecular complexity index is 200. The number of ether oxygens (including phenoxy) is 1. The summed E-state index contributed by atoms with van der Waals surface area (Å²) in [5, 5.41) is 17.0. The van der Waals surface area contributed by atoms with Crippen LogP contribution in [-0.4, -0.2) is 12.2 Å². The summed E-state index contributed by atoms with van der Waals surface area (Å²) in [6.07, 6.45) is 3.03. The molecular weight excluding hydrogens is 132 g/mol. The predicted octanol–water partition coefficient (Wildman–Crippen LogP) is 1.79. The van der Waals surface area contributed by atoms with E-state index in [0.29, 0.717) is 0 Å². The second kappa shape index (κ2) is 4.39. The fourth-order valence-electron chi connectivity index (χ4n) is 0.410. The molecular formula is C6H9N2O2+. The molecule has 0 unspecified atom stereocenters. The lowest BCUT2D eigenvalue weighted by Gasteiger charge is -1.88. The minimum Gasteiger partial charge on any atom is -0.475 e. The highest BCUT2D eigenvalue weighted by atomic mass is 16.6. The SMILES string of the molecule is C/C=C/C([N+]#N)=C(\O)OC. The number of methoxy groups -OCH3 is 1. The number of aliphatic hydroxyl groups excluding tert-OH is 1. The topological polar surface area (TPSA) is 57.6 Å². The molecule has 0 spiro atoms. The molecule has 0 saturated carbocycles. The van der Waals surface area contributed by atoms with Crippen molar-refractivity contribution >= 4 is 0 Å². The van der Waals surface area contributed by atoms with E-state index >= 15 is 0 Å². The Hall–Kier alpha value is -1.50. The molecule has 0 aliphatic rings. The fraction of sp³-hybridized carbons (Fsp3) is 0.333. The van der Waals surface area contributed by atoms with Gasteiger partial charge < -0.3 is 9.84 Å². The first-order valence-electron chi connectivity index (χ1n) is 2.71. The Kier molecular flexibility index (Phi) is 3.73. The molecule has 0 atom stereocenters. The number of diazo groups is 1. The van der Waals surface area contributed by atoms with Crippen molar-refractivity contribution in [1.29, 1.82) is 5.39 Å². The highest BCUT2D eigenvalue weighted by Gasteiger charge is 2.14. The van der Waals surface area contributed by atoms with Crippen LogP contribution in [0.3, 0.4) is 0 Å². The van der Waals surface area contributed by atoms with Crippen molar-refractivity contribution in [3.8, 4) is 0 Å². The van der Waals surface area contributed by atoms with Crippen LogP contribution in [0.25, 0.3) is 4.98 Å². The molecule has 10 heavy (non-hydrogen) atoms. The van der Waals surface area contributed by atoms with Crippen LogP contribution >= 0.6 is 0 Å². The van der Waals surface area contributed by atoms with Gasteiger partial charge in [-0.05, 0) is 6.92 Å². The van der Waals surface area contributed by atoms with E-state index in [1.54, 1.807) is 13.0 Å². The fourth-order valence-corrected chi connectivity index (χ4v) is 0.410. The molecule has 0 rings (SSSR count). The molecule has 54 valence electrons. The monoisotopic (exact) mass is 141 g/mol. The molecule has 0 aromatic rings. The first-order valence-corrected chi connectivity index (χ1v) is 2.71. The van der Waals surface area contributed by atoms with Gasteiger partial charge in [0.25, 0.3) is 0 Å². The van der Waals surface area contributed by atoms with Crippen LogP contribution in [0.2, 0.25) is 0 Å². The summed E-state index contributed by atoms with van der Waals surface area (Å²) in [7, 11) is 1.28. The molecule has 0 aliphatic heterocycles. The second-order valence-electron chi connectivity index (χ2n) is 1.49. The molecule has 0 fully saturated rings. The van der Waals surface area contributed by atoms with Crippen molar-refractivity contribution in [3.05, 3.63) is 28.8 Å². The molecule has 0 amide bonds. The summed E-state index contributed by atoms with van der Waals surface area (Å²) in [5.74, 6) is -0.402. The third-order valence-electron chi connectivity index (χ3n) is 0.845. The van der Waals surface area contributed by atoms with Gasteiger partial charge in [-0.15, -0.1) is 0 Å². The second-order valence-corrected chi connectivity index (χ2v) is 1.49. The Morgan fingerprint density at radius 2 is 2.30 bits per heavy atom. The smallest absolute Gasteiger partial charge is 0.463 e. The zero-order valence-electron chi connectivity index (χ0n) is 5.90. The van der Waals surface area contributed by atoms with Gasteiger partial charge in [0, 0.05) is 6.08 Å². The highest BCUT2D eigenvalue weighted by Crippen LogP contribution is 2.04. The van der Waals surface area contributed by atoms with Crippen LogP contribution < -0.4 is 0 Å². The number of aliphatic hydroxyl groups is 1. The van der Waals surface area contributed by atoms with E-state index in [0.717, 1.165) is 0 Å². The first kappa shape index (κ1) is 8.50. The Morgan fingerprint density at radius 1 is 1.70 bits per heavy atom. The molecule has 4 nitrogen and oxygen atoms in total. The molecule has 0 aromatic heterocycles. The van der Waals surface area contributed by atoms with Gasteiger partial charge in [0.1, 0.15) is 0 Å². The quantitative estimate of drug-likeness (QED) is 0.362. The van der Waals surface area contributed by atoms with E-state index in [2.05, 4.69) is 9.71 Å². The molecule has 4 heteroatoms. The number of allylic oxidation sites excluding steroid dienone is 2. The minimum absolute atomic E-state index is 0.00463. The lowest BCUT2D eigenvalue weighted by atomic mass is 10.4. The lowest BCUT2D eigenvalue weighted by Crippen LogP contribution is -1.86. The van der Waals surface area contributed by atoms with Gasteiger partial charge >= 0.3 is 11.6 Å². The summed E-state index contributed by atoms with van der Waals surface area (Å²) in [6, 6.07) is 0. The van der Waals surface area contributed by atoms with Gasteiger partial charge in [-0.1, -0.05) is 6.08 Å². The predicted molar refractivity (Wildman–Crippen MR) is 36.6 cm³/mol. The van der Waals surface area contributed by atoms with Crippen molar-refractivity contribution in [2.75, 3.05) is 7.11 Å². The summed E-state index contributed by atoms with van der Waals surface area (Å²) >= 11 is 0. The lowest BCUT2D eigenvalue weighted by molar-refractivity contribution is 0.133. The van der Waals surface area contributed by atoms with E-state index in [4.69, 9.17) is 10.5 Å². The van der Waals surface area contributed by atoms with Gasteiger partial charge in [0.05, 0.1) is 7.11 Å². The minimum atomic E-state index is -0.402. The zero-order valence-corrected chi connectivity index (χ0v) is 5.90. The summed E-state index contributed by atoms with van der Waals surface area (Å²) in [5.41, 5.74) is 0.00463. The molecule has 0 saturated heterocycles. The zero-order chi connectivity index (χ0) is 7.98. The maximum absolute atomic E-state index is 8.80. The number of hydrogen-bond donors (Lipinski definition) is 1. The number of nitrogens with zero attached hydrogens (tertiary/aromatic N) is 2. The van der Waals surface area contributed by atoms with Gasteiger partial charge in [-0.25, -0.2) is 0 Å². The normalized spacial score (nSPS) is 12.5. The van der Waals surface area contributed by atoms with Gasteiger partial charge in [-0.3, -0.25) is 0 Å². The summed E-state index contributed by atoms with van der Waals surface area (Å²) in [6.45, 7) is 1.73. The number of hydrogen-bond acceptors (Lipinski definition) is 3. The average molecular weight is 141 g/mol. The largest absolute Gasteiger partial charge is 0.475 e. The molecule has 0 aliphatic carbocycles.